The van der Waals surface area contributed by atoms with Gasteiger partial charge in [-0.3, -0.25) is 4.99 Å². The highest BCUT2D eigenvalue weighted by Crippen LogP contribution is 2.28. The van der Waals surface area contributed by atoms with Crippen molar-refractivity contribution in [3.8, 4) is 5.75 Å². The number of benzene rings is 1. The van der Waals surface area contributed by atoms with Crippen molar-refractivity contribution in [1.29, 1.82) is 0 Å². The Morgan fingerprint density at radius 3 is 2.63 bits per heavy atom. The maximum atomic E-state index is 5.73. The van der Waals surface area contributed by atoms with Crippen LogP contribution in [0.1, 0.15) is 24.4 Å². The summed E-state index contributed by atoms with van der Waals surface area (Å²) >= 11 is 0. The number of halogens is 1. The van der Waals surface area contributed by atoms with Gasteiger partial charge in [0.05, 0.1) is 19.8 Å². The molecule has 0 aliphatic heterocycles. The summed E-state index contributed by atoms with van der Waals surface area (Å²) < 4.78 is 11.1. The molecule has 0 amide bonds. The zero-order valence-corrected chi connectivity index (χ0v) is 19.6. The van der Waals surface area contributed by atoms with Crippen LogP contribution in [0, 0.1) is 5.92 Å². The number of rotatable bonds is 10. The van der Waals surface area contributed by atoms with E-state index in [2.05, 4.69) is 46.3 Å². The van der Waals surface area contributed by atoms with Gasteiger partial charge in [-0.25, -0.2) is 0 Å². The summed E-state index contributed by atoms with van der Waals surface area (Å²) in [7, 11) is 9.74. The summed E-state index contributed by atoms with van der Waals surface area (Å²) in [6.07, 6.45) is 2.66. The lowest BCUT2D eigenvalue weighted by molar-refractivity contribution is 0.115. The second-order valence-electron chi connectivity index (χ2n) is 7.12. The highest BCUT2D eigenvalue weighted by Gasteiger charge is 2.21. The van der Waals surface area contributed by atoms with Gasteiger partial charge in [0.25, 0.3) is 0 Å². The normalized spacial score (nSPS) is 15.3. The molecule has 1 fully saturated rings. The van der Waals surface area contributed by atoms with Gasteiger partial charge in [0, 0.05) is 33.8 Å². The van der Waals surface area contributed by atoms with Crippen molar-refractivity contribution in [2.24, 2.45) is 10.9 Å². The van der Waals surface area contributed by atoms with Gasteiger partial charge in [-0.2, -0.15) is 0 Å². The van der Waals surface area contributed by atoms with Crippen LogP contribution in [-0.2, 0) is 4.74 Å². The predicted molar refractivity (Wildman–Crippen MR) is 122 cm³/mol. The number of nitrogens with one attached hydrogen (secondary N) is 1. The Labute approximate surface area is 181 Å². The topological polar surface area (TPSA) is 49.3 Å². The molecule has 154 valence electrons. The highest BCUT2D eigenvalue weighted by atomic mass is 127. The summed E-state index contributed by atoms with van der Waals surface area (Å²) in [5.74, 6) is 2.57. The van der Waals surface area contributed by atoms with E-state index in [1.54, 1.807) is 7.11 Å². The van der Waals surface area contributed by atoms with E-state index in [0.29, 0.717) is 0 Å². The van der Waals surface area contributed by atoms with Crippen LogP contribution in [0.4, 0.5) is 0 Å². The Hall–Kier alpha value is -1.06. The zero-order valence-electron chi connectivity index (χ0n) is 17.3. The molecule has 0 saturated heterocycles. The Morgan fingerprint density at radius 2 is 2.04 bits per heavy atom. The lowest BCUT2D eigenvalue weighted by Crippen LogP contribution is -2.43. The Bertz CT molecular complexity index is 579. The van der Waals surface area contributed by atoms with Crippen molar-refractivity contribution >= 4 is 29.9 Å². The fraction of sp³-hybridized carbons (Fsp3) is 0.650. The summed E-state index contributed by atoms with van der Waals surface area (Å²) in [4.78, 5) is 8.72. The first-order chi connectivity index (χ1) is 12.5. The monoisotopic (exact) mass is 490 g/mol. The predicted octanol–water partition coefficient (Wildman–Crippen LogP) is 2.85. The van der Waals surface area contributed by atoms with E-state index in [4.69, 9.17) is 9.47 Å². The summed E-state index contributed by atoms with van der Waals surface area (Å²) in [6, 6.07) is 8.44. The van der Waals surface area contributed by atoms with Crippen molar-refractivity contribution < 1.29 is 9.47 Å². The second-order valence-corrected chi connectivity index (χ2v) is 7.12. The van der Waals surface area contributed by atoms with Crippen LogP contribution >= 0.6 is 24.0 Å². The molecule has 1 aromatic carbocycles. The fourth-order valence-electron chi connectivity index (χ4n) is 2.86. The first kappa shape index (κ1) is 24.0. The van der Waals surface area contributed by atoms with E-state index in [1.165, 1.54) is 18.4 Å². The number of nitrogens with zero attached hydrogens (tertiary/aromatic N) is 3. The van der Waals surface area contributed by atoms with Crippen LogP contribution in [0.5, 0.6) is 5.75 Å². The lowest BCUT2D eigenvalue weighted by atomic mass is 10.1. The Balaban J connectivity index is 0.00000364. The molecule has 0 aromatic heterocycles. The van der Waals surface area contributed by atoms with E-state index in [0.717, 1.165) is 43.9 Å². The fourth-order valence-corrected chi connectivity index (χ4v) is 2.86. The molecule has 0 bridgehead atoms. The van der Waals surface area contributed by atoms with E-state index < -0.39 is 0 Å². The van der Waals surface area contributed by atoms with Crippen LogP contribution in [0.3, 0.4) is 0 Å². The molecule has 0 heterocycles. The molecule has 6 nitrogen and oxygen atoms in total. The molecule has 1 aromatic rings. The Morgan fingerprint density at radius 1 is 1.30 bits per heavy atom. The minimum atomic E-state index is 0. The third kappa shape index (κ3) is 8.23. The number of aliphatic imine (C=N–C) groups is 1. The molecule has 7 heteroatoms. The molecule has 1 unspecified atom stereocenters. The van der Waals surface area contributed by atoms with Crippen LogP contribution < -0.4 is 10.1 Å². The molecule has 0 radical (unpaired) electrons. The third-order valence-corrected chi connectivity index (χ3v) is 4.75. The first-order valence-electron chi connectivity index (χ1n) is 9.35. The minimum absolute atomic E-state index is 0. The number of methoxy groups -OCH3 is 1. The van der Waals surface area contributed by atoms with Crippen molar-refractivity contribution in [2.45, 2.75) is 18.9 Å². The van der Waals surface area contributed by atoms with Crippen LogP contribution in [-0.4, -0.2) is 77.4 Å². The molecular weight excluding hydrogens is 455 g/mol. The van der Waals surface area contributed by atoms with Crippen LogP contribution in [0.2, 0.25) is 0 Å². The first-order valence-corrected chi connectivity index (χ1v) is 9.35. The lowest BCUT2D eigenvalue weighted by Gasteiger charge is -2.28. The third-order valence-electron chi connectivity index (χ3n) is 4.75. The van der Waals surface area contributed by atoms with Gasteiger partial charge < -0.3 is 24.6 Å². The van der Waals surface area contributed by atoms with Crippen LogP contribution in [0.25, 0.3) is 0 Å². The number of ether oxygens (including phenoxy) is 2. The molecule has 1 aliphatic carbocycles. The summed E-state index contributed by atoms with van der Waals surface area (Å²) in [5, 5.41) is 3.49. The highest BCUT2D eigenvalue weighted by molar-refractivity contribution is 14.0. The maximum Gasteiger partial charge on any atom is 0.193 e. The quantitative estimate of drug-likeness (QED) is 0.237. The van der Waals surface area contributed by atoms with E-state index in [1.807, 2.05) is 26.2 Å². The van der Waals surface area contributed by atoms with E-state index in [9.17, 15) is 0 Å². The van der Waals surface area contributed by atoms with Gasteiger partial charge in [0.15, 0.2) is 5.96 Å². The molecule has 1 saturated carbocycles. The average Bonchev–Trinajstić information content (AvgIpc) is 3.46. The summed E-state index contributed by atoms with van der Waals surface area (Å²) in [6.45, 7) is 3.23. The maximum absolute atomic E-state index is 5.73. The number of likely N-dealkylation sites (N-methyl/N-ethyl adjacent to an activating group) is 2. The second kappa shape index (κ2) is 12.4. The van der Waals surface area contributed by atoms with Crippen molar-refractivity contribution in [2.75, 3.05) is 61.6 Å². The molecular formula is C20H35IN4O2. The standard InChI is InChI=1S/C20H34N4O2.HI/c1-21-20(24(4)11-12-26-15-16-9-10-16)22-14-19(23(2)3)17-7-6-8-18(13-17)25-5;/h6-8,13,16,19H,9-12,14-15H2,1-5H3,(H,21,22);1H. The minimum Gasteiger partial charge on any atom is -0.497 e. The van der Waals surface area contributed by atoms with Gasteiger partial charge >= 0.3 is 0 Å². The van der Waals surface area contributed by atoms with Gasteiger partial charge in [-0.15, -0.1) is 24.0 Å². The molecule has 1 N–H and O–H groups in total. The summed E-state index contributed by atoms with van der Waals surface area (Å²) in [5.41, 5.74) is 1.22. The average molecular weight is 490 g/mol. The van der Waals surface area contributed by atoms with Gasteiger partial charge in [-0.05, 0) is 50.6 Å². The van der Waals surface area contributed by atoms with Gasteiger partial charge in [0.1, 0.15) is 5.75 Å². The molecule has 1 aliphatic rings. The van der Waals surface area contributed by atoms with E-state index in [-0.39, 0.29) is 30.0 Å². The number of guanidine groups is 1. The van der Waals surface area contributed by atoms with Crippen molar-refractivity contribution in [3.05, 3.63) is 29.8 Å². The molecule has 2 rings (SSSR count). The van der Waals surface area contributed by atoms with Crippen LogP contribution in [0.15, 0.2) is 29.3 Å². The molecule has 1 atom stereocenters. The largest absolute Gasteiger partial charge is 0.497 e. The van der Waals surface area contributed by atoms with Crippen molar-refractivity contribution in [1.82, 2.24) is 15.1 Å². The number of hydrogen-bond acceptors (Lipinski definition) is 4. The SMILES string of the molecule is CN=C(NCC(c1cccc(OC)c1)N(C)C)N(C)CCOCC1CC1.I. The zero-order chi connectivity index (χ0) is 18.9. The smallest absolute Gasteiger partial charge is 0.193 e. The molecule has 0 spiro atoms. The molecule has 27 heavy (non-hydrogen) atoms. The number of hydrogen-bond donors (Lipinski definition) is 1. The van der Waals surface area contributed by atoms with Gasteiger partial charge in [0.2, 0.25) is 0 Å². The van der Waals surface area contributed by atoms with E-state index >= 15 is 0 Å². The van der Waals surface area contributed by atoms with Gasteiger partial charge in [-0.1, -0.05) is 12.1 Å². The van der Waals surface area contributed by atoms with Crippen molar-refractivity contribution in [3.63, 3.8) is 0 Å². The Kier molecular flexibility index (Phi) is 11.0.